The molecule has 3 amide bonds. The van der Waals surface area contributed by atoms with Crippen LogP contribution in [0.15, 0.2) is 30.3 Å². The van der Waals surface area contributed by atoms with Gasteiger partial charge in [-0.1, -0.05) is 58.0 Å². The first kappa shape index (κ1) is 28.6. The Morgan fingerprint density at radius 1 is 1.13 bits per heavy atom. The highest BCUT2D eigenvalue weighted by Crippen LogP contribution is 2.64. The van der Waals surface area contributed by atoms with Crippen LogP contribution in [0.5, 0.6) is 0 Å². The molecule has 1 aromatic rings. The summed E-state index contributed by atoms with van der Waals surface area (Å²) >= 11 is 0. The molecule has 0 aromatic heterocycles. The van der Waals surface area contributed by atoms with Crippen molar-refractivity contribution in [2.75, 3.05) is 13.7 Å². The van der Waals surface area contributed by atoms with E-state index in [2.05, 4.69) is 31.4 Å². The van der Waals surface area contributed by atoms with Gasteiger partial charge in [-0.05, 0) is 56.9 Å². The Bertz CT molecular complexity index is 1070. The zero-order valence-corrected chi connectivity index (χ0v) is 24.0. The normalized spacial score (nSPS) is 31.3. The molecule has 6 atom stereocenters. The highest BCUT2D eigenvalue weighted by Gasteiger charge is 2.79. The number of hydrogen-bond donors (Lipinski definition) is 3. The van der Waals surface area contributed by atoms with E-state index in [1.807, 2.05) is 51.1 Å². The summed E-state index contributed by atoms with van der Waals surface area (Å²) in [6.07, 6.45) is 2.83. The number of likely N-dealkylation sites (tertiary alicyclic amines) is 1. The summed E-state index contributed by atoms with van der Waals surface area (Å²) < 4.78 is 6.79. The summed E-state index contributed by atoms with van der Waals surface area (Å²) in [5, 5.41) is 16.5. The van der Waals surface area contributed by atoms with E-state index in [1.54, 1.807) is 11.9 Å². The van der Waals surface area contributed by atoms with Gasteiger partial charge in [0.2, 0.25) is 17.7 Å². The maximum absolute atomic E-state index is 14.3. The SMILES string of the molecule is CC[C@@]12CCC3(O1)C(C(=O)NC(C)(C)CC(C)(C)C)N([C@@H](CO)Cc1ccccc1)C(=O)[C@@H]3[C@@H]2C(=O)NC. The summed E-state index contributed by atoms with van der Waals surface area (Å²) in [6.45, 7) is 12.0. The fraction of sp³-hybridized carbons (Fsp3) is 0.700. The largest absolute Gasteiger partial charge is 0.394 e. The first-order valence-corrected chi connectivity index (χ1v) is 13.9. The zero-order chi connectivity index (χ0) is 28.1. The van der Waals surface area contributed by atoms with Crippen molar-refractivity contribution >= 4 is 17.7 Å². The molecule has 3 saturated heterocycles. The molecule has 3 fully saturated rings. The van der Waals surface area contributed by atoms with Crippen molar-refractivity contribution in [3.63, 3.8) is 0 Å². The summed E-state index contributed by atoms with van der Waals surface area (Å²) in [4.78, 5) is 43.4. The minimum atomic E-state index is -1.11. The third-order valence-electron chi connectivity index (χ3n) is 8.75. The van der Waals surface area contributed by atoms with Crippen molar-refractivity contribution in [1.82, 2.24) is 15.5 Å². The average Bonchev–Trinajstić information content (AvgIpc) is 3.44. The maximum Gasteiger partial charge on any atom is 0.246 e. The van der Waals surface area contributed by atoms with Crippen LogP contribution in [0.25, 0.3) is 0 Å². The Balaban J connectivity index is 1.79. The van der Waals surface area contributed by atoms with E-state index in [0.29, 0.717) is 25.7 Å². The van der Waals surface area contributed by atoms with Gasteiger partial charge >= 0.3 is 0 Å². The Morgan fingerprint density at radius 3 is 2.34 bits per heavy atom. The predicted octanol–water partition coefficient (Wildman–Crippen LogP) is 2.82. The lowest BCUT2D eigenvalue weighted by atomic mass is 9.65. The minimum absolute atomic E-state index is 0.0252. The molecule has 3 heterocycles. The van der Waals surface area contributed by atoms with E-state index >= 15 is 0 Å². The Labute approximate surface area is 226 Å². The third kappa shape index (κ3) is 4.75. The molecule has 0 radical (unpaired) electrons. The van der Waals surface area contributed by atoms with Gasteiger partial charge < -0.3 is 25.4 Å². The number of aliphatic hydroxyl groups is 1. The van der Waals surface area contributed by atoms with Gasteiger partial charge in [0.05, 0.1) is 30.1 Å². The van der Waals surface area contributed by atoms with E-state index in [0.717, 1.165) is 12.0 Å². The number of amides is 3. The van der Waals surface area contributed by atoms with Crippen molar-refractivity contribution in [2.24, 2.45) is 17.3 Å². The molecule has 2 unspecified atom stereocenters. The Kier molecular flexibility index (Phi) is 7.47. The number of carbonyl (C=O) groups is 3. The Morgan fingerprint density at radius 2 is 1.79 bits per heavy atom. The van der Waals surface area contributed by atoms with Gasteiger partial charge in [-0.3, -0.25) is 14.4 Å². The minimum Gasteiger partial charge on any atom is -0.394 e. The number of benzene rings is 1. The van der Waals surface area contributed by atoms with Crippen LogP contribution >= 0.6 is 0 Å². The summed E-state index contributed by atoms with van der Waals surface area (Å²) in [7, 11) is 1.58. The molecule has 210 valence electrons. The molecule has 8 heteroatoms. The zero-order valence-electron chi connectivity index (χ0n) is 24.0. The quantitative estimate of drug-likeness (QED) is 0.458. The van der Waals surface area contributed by atoms with Gasteiger partial charge in [0.25, 0.3) is 0 Å². The second-order valence-corrected chi connectivity index (χ2v) is 13.3. The van der Waals surface area contributed by atoms with Crippen molar-refractivity contribution in [3.05, 3.63) is 35.9 Å². The monoisotopic (exact) mass is 527 g/mol. The smallest absolute Gasteiger partial charge is 0.246 e. The van der Waals surface area contributed by atoms with Crippen LogP contribution in [0.2, 0.25) is 0 Å². The van der Waals surface area contributed by atoms with Crippen LogP contribution in [0.4, 0.5) is 0 Å². The first-order valence-electron chi connectivity index (χ1n) is 13.9. The summed E-state index contributed by atoms with van der Waals surface area (Å²) in [5.41, 5.74) is -1.50. The predicted molar refractivity (Wildman–Crippen MR) is 145 cm³/mol. The molecule has 0 aliphatic carbocycles. The van der Waals surface area contributed by atoms with Crippen LogP contribution in [-0.2, 0) is 25.5 Å². The molecule has 1 spiro atoms. The molecule has 0 saturated carbocycles. The molecule has 1 aromatic carbocycles. The second kappa shape index (κ2) is 9.94. The number of fused-ring (bicyclic) bond motifs is 1. The molecule has 4 rings (SSSR count). The van der Waals surface area contributed by atoms with E-state index in [-0.39, 0.29) is 29.7 Å². The fourth-order valence-electron chi connectivity index (χ4n) is 7.81. The number of nitrogens with one attached hydrogen (secondary N) is 2. The molecular formula is C30H45N3O5. The van der Waals surface area contributed by atoms with Crippen LogP contribution in [0, 0.1) is 17.3 Å². The first-order chi connectivity index (χ1) is 17.7. The van der Waals surface area contributed by atoms with E-state index < -0.39 is 40.7 Å². The maximum atomic E-state index is 14.3. The van der Waals surface area contributed by atoms with Crippen LogP contribution < -0.4 is 10.6 Å². The highest BCUT2D eigenvalue weighted by molar-refractivity contribution is 5.99. The number of hydrogen-bond acceptors (Lipinski definition) is 5. The van der Waals surface area contributed by atoms with Gasteiger partial charge in [0.15, 0.2) is 0 Å². The fourth-order valence-corrected chi connectivity index (χ4v) is 7.81. The molecule has 3 aliphatic heterocycles. The lowest BCUT2D eigenvalue weighted by molar-refractivity contribution is -0.151. The number of aliphatic hydroxyl groups excluding tert-OH is 1. The lowest BCUT2D eigenvalue weighted by Crippen LogP contribution is -2.61. The van der Waals surface area contributed by atoms with E-state index in [1.165, 1.54) is 0 Å². The summed E-state index contributed by atoms with van der Waals surface area (Å²) in [6, 6.07) is 8.08. The van der Waals surface area contributed by atoms with E-state index in [4.69, 9.17) is 4.74 Å². The molecule has 3 N–H and O–H groups in total. The third-order valence-corrected chi connectivity index (χ3v) is 8.75. The van der Waals surface area contributed by atoms with Crippen molar-refractivity contribution in [2.45, 2.75) is 102 Å². The molecule has 8 nitrogen and oxygen atoms in total. The molecule has 38 heavy (non-hydrogen) atoms. The average molecular weight is 528 g/mol. The number of carbonyl (C=O) groups excluding carboxylic acids is 3. The van der Waals surface area contributed by atoms with Gasteiger partial charge in [-0.25, -0.2) is 0 Å². The number of rotatable bonds is 9. The second-order valence-electron chi connectivity index (χ2n) is 13.3. The van der Waals surface area contributed by atoms with Gasteiger partial charge in [0.1, 0.15) is 11.6 Å². The van der Waals surface area contributed by atoms with Gasteiger partial charge in [-0.15, -0.1) is 0 Å². The highest BCUT2D eigenvalue weighted by atomic mass is 16.5. The van der Waals surface area contributed by atoms with Crippen LogP contribution in [0.3, 0.4) is 0 Å². The standard InChI is InChI=1S/C30H45N3O5/c1-8-29-14-15-30(38-29)22(21(29)24(35)31-7)26(37)33(20(17-34)16-19-12-10-9-11-13-19)23(30)25(36)32-28(5,6)18-27(2,3)4/h9-13,20-23,34H,8,14-18H2,1-7H3,(H,31,35)(H,32,36)/t20-,21-,22+,23?,29+,30?/m1/s1. The van der Waals surface area contributed by atoms with Crippen molar-refractivity contribution < 1.29 is 24.2 Å². The van der Waals surface area contributed by atoms with Gasteiger partial charge in [-0.2, -0.15) is 0 Å². The van der Waals surface area contributed by atoms with Crippen LogP contribution in [0.1, 0.15) is 72.8 Å². The molecule has 2 bridgehead atoms. The summed E-state index contributed by atoms with van der Waals surface area (Å²) in [5.74, 6) is -2.26. The molecular weight excluding hydrogens is 482 g/mol. The van der Waals surface area contributed by atoms with Crippen molar-refractivity contribution in [1.29, 1.82) is 0 Å². The van der Waals surface area contributed by atoms with Crippen LogP contribution in [-0.4, -0.2) is 70.2 Å². The number of ether oxygens (including phenoxy) is 1. The topological polar surface area (TPSA) is 108 Å². The Hall–Kier alpha value is -2.45. The molecule has 3 aliphatic rings. The number of nitrogens with zero attached hydrogens (tertiary/aromatic N) is 1. The van der Waals surface area contributed by atoms with Gasteiger partial charge in [0, 0.05) is 12.6 Å². The van der Waals surface area contributed by atoms with E-state index in [9.17, 15) is 19.5 Å². The van der Waals surface area contributed by atoms with Crippen molar-refractivity contribution in [3.8, 4) is 0 Å². The lowest BCUT2D eigenvalue weighted by Gasteiger charge is -2.40.